The minimum absolute atomic E-state index is 0.592. The van der Waals surface area contributed by atoms with E-state index in [1.165, 1.54) is 44.5 Å². The van der Waals surface area contributed by atoms with E-state index in [2.05, 4.69) is 65.8 Å². The highest BCUT2D eigenvalue weighted by atomic mass is 14.3. The number of aryl methyl sites for hydroxylation is 2. The maximum absolute atomic E-state index is 2.45. The molecule has 0 nitrogen and oxygen atoms in total. The second-order valence-corrected chi connectivity index (χ2v) is 7.22. The lowest BCUT2D eigenvalue weighted by molar-refractivity contribution is 0.855. The molecule has 1 aliphatic carbocycles. The van der Waals surface area contributed by atoms with Gasteiger partial charge in [-0.05, 0) is 76.6 Å². The Hall–Kier alpha value is -1.56. The molecule has 0 saturated heterocycles. The number of hydrogen-bond donors (Lipinski definition) is 0. The van der Waals surface area contributed by atoms with Gasteiger partial charge in [-0.15, -0.1) is 0 Å². The zero-order chi connectivity index (χ0) is 15.3. The van der Waals surface area contributed by atoms with Gasteiger partial charge in [0.1, 0.15) is 0 Å². The smallest absolute Gasteiger partial charge is 0.00132 e. The monoisotopic (exact) mass is 278 g/mol. The molecule has 0 N–H and O–H groups in total. The van der Waals surface area contributed by atoms with Crippen LogP contribution in [0.15, 0.2) is 24.3 Å². The van der Waals surface area contributed by atoms with Gasteiger partial charge in [0.2, 0.25) is 0 Å². The van der Waals surface area contributed by atoms with Crippen molar-refractivity contribution in [3.63, 3.8) is 0 Å². The summed E-state index contributed by atoms with van der Waals surface area (Å²) in [5.41, 5.74) is 11.8. The van der Waals surface area contributed by atoms with E-state index >= 15 is 0 Å². The lowest BCUT2D eigenvalue weighted by Gasteiger charge is -2.15. The molecule has 0 aliphatic heterocycles. The van der Waals surface area contributed by atoms with E-state index in [1.807, 2.05) is 0 Å². The van der Waals surface area contributed by atoms with E-state index in [0.717, 1.165) is 6.42 Å². The molecule has 3 rings (SSSR count). The van der Waals surface area contributed by atoms with Crippen LogP contribution in [0.2, 0.25) is 0 Å². The first-order chi connectivity index (χ1) is 9.88. The summed E-state index contributed by atoms with van der Waals surface area (Å²) < 4.78 is 0. The van der Waals surface area contributed by atoms with Gasteiger partial charge in [-0.25, -0.2) is 0 Å². The van der Waals surface area contributed by atoms with Gasteiger partial charge < -0.3 is 0 Å². The average Bonchev–Trinajstić information content (AvgIpc) is 2.71. The molecule has 0 unspecified atom stereocenters. The molecule has 0 heteroatoms. The maximum Gasteiger partial charge on any atom is -0.00132 e. The predicted molar refractivity (Wildman–Crippen MR) is 92.3 cm³/mol. The molecular formula is C21H26. The fraction of sp³-hybridized carbons (Fsp3) is 0.429. The van der Waals surface area contributed by atoms with Crippen molar-refractivity contribution in [3.8, 4) is 11.1 Å². The lowest BCUT2D eigenvalue weighted by Crippen LogP contribution is -1.95. The first-order valence-corrected chi connectivity index (χ1v) is 8.15. The molecule has 2 aromatic carbocycles. The van der Waals surface area contributed by atoms with Crippen LogP contribution in [0.1, 0.15) is 72.9 Å². The maximum atomic E-state index is 2.45. The van der Waals surface area contributed by atoms with Gasteiger partial charge in [-0.3, -0.25) is 0 Å². The molecule has 0 amide bonds. The zero-order valence-corrected chi connectivity index (χ0v) is 14.2. The summed E-state index contributed by atoms with van der Waals surface area (Å²) in [6.07, 6.45) is 1.10. The fourth-order valence-electron chi connectivity index (χ4n) is 3.81. The third-order valence-corrected chi connectivity index (χ3v) is 4.90. The van der Waals surface area contributed by atoms with Crippen molar-refractivity contribution in [2.75, 3.05) is 0 Å². The van der Waals surface area contributed by atoms with Crippen LogP contribution in [0.3, 0.4) is 0 Å². The molecule has 0 fully saturated rings. The van der Waals surface area contributed by atoms with E-state index in [0.29, 0.717) is 11.8 Å². The van der Waals surface area contributed by atoms with E-state index in [-0.39, 0.29) is 0 Å². The molecule has 2 aromatic rings. The largest absolute Gasteiger partial charge is 0.0587 e. The van der Waals surface area contributed by atoms with E-state index < -0.39 is 0 Å². The molecule has 110 valence electrons. The first-order valence-electron chi connectivity index (χ1n) is 8.15. The standard InChI is InChI=1S/C21H26/c1-12(2)18-10-20-16(7-14(18)5)9-17-8-15(6)19(13(3)4)11-21(17)20/h7-8,10-13H,9H2,1-6H3. The van der Waals surface area contributed by atoms with Crippen LogP contribution >= 0.6 is 0 Å². The summed E-state index contributed by atoms with van der Waals surface area (Å²) in [6, 6.07) is 9.71. The van der Waals surface area contributed by atoms with Crippen LogP contribution in [0.4, 0.5) is 0 Å². The summed E-state index contributed by atoms with van der Waals surface area (Å²) in [7, 11) is 0. The van der Waals surface area contributed by atoms with E-state index in [9.17, 15) is 0 Å². The highest BCUT2D eigenvalue weighted by Crippen LogP contribution is 2.41. The Labute approximate surface area is 129 Å². The number of rotatable bonds is 2. The summed E-state index contributed by atoms with van der Waals surface area (Å²) in [5, 5.41) is 0. The van der Waals surface area contributed by atoms with Gasteiger partial charge in [0.15, 0.2) is 0 Å². The van der Waals surface area contributed by atoms with Crippen molar-refractivity contribution in [1.29, 1.82) is 0 Å². The topological polar surface area (TPSA) is 0 Å². The van der Waals surface area contributed by atoms with Crippen LogP contribution in [0, 0.1) is 13.8 Å². The molecular weight excluding hydrogens is 252 g/mol. The number of fused-ring (bicyclic) bond motifs is 3. The van der Waals surface area contributed by atoms with Crippen molar-refractivity contribution in [2.45, 2.75) is 59.8 Å². The number of benzene rings is 2. The third kappa shape index (κ3) is 2.31. The zero-order valence-electron chi connectivity index (χ0n) is 14.2. The molecule has 0 spiro atoms. The predicted octanol–water partition coefficient (Wildman–Crippen LogP) is 6.12. The van der Waals surface area contributed by atoms with Crippen LogP contribution < -0.4 is 0 Å². The summed E-state index contributed by atoms with van der Waals surface area (Å²) in [5.74, 6) is 1.18. The van der Waals surface area contributed by atoms with Crippen LogP contribution in [0.5, 0.6) is 0 Å². The van der Waals surface area contributed by atoms with E-state index in [1.54, 1.807) is 0 Å². The van der Waals surface area contributed by atoms with Crippen molar-refractivity contribution >= 4 is 0 Å². The molecule has 0 atom stereocenters. The lowest BCUT2D eigenvalue weighted by atomic mass is 9.90. The molecule has 0 heterocycles. The Kier molecular flexibility index (Phi) is 3.43. The van der Waals surface area contributed by atoms with Gasteiger partial charge in [-0.2, -0.15) is 0 Å². The van der Waals surface area contributed by atoms with Crippen molar-refractivity contribution in [3.05, 3.63) is 57.6 Å². The minimum Gasteiger partial charge on any atom is -0.0587 e. The third-order valence-electron chi connectivity index (χ3n) is 4.90. The number of hydrogen-bond acceptors (Lipinski definition) is 0. The Morgan fingerprint density at radius 1 is 0.667 bits per heavy atom. The normalized spacial score (nSPS) is 13.0. The second kappa shape index (κ2) is 5.02. The Balaban J connectivity index is 2.20. The Bertz CT molecular complexity index is 641. The van der Waals surface area contributed by atoms with Crippen LogP contribution in [0.25, 0.3) is 11.1 Å². The molecule has 21 heavy (non-hydrogen) atoms. The molecule has 0 radical (unpaired) electrons. The quantitative estimate of drug-likeness (QED) is 0.529. The molecule has 0 bridgehead atoms. The average molecular weight is 278 g/mol. The minimum atomic E-state index is 0.592. The Morgan fingerprint density at radius 2 is 1.05 bits per heavy atom. The van der Waals surface area contributed by atoms with Gasteiger partial charge >= 0.3 is 0 Å². The van der Waals surface area contributed by atoms with Gasteiger partial charge in [0, 0.05) is 0 Å². The summed E-state index contributed by atoms with van der Waals surface area (Å²) >= 11 is 0. The highest BCUT2D eigenvalue weighted by molar-refractivity contribution is 5.79. The van der Waals surface area contributed by atoms with Crippen molar-refractivity contribution < 1.29 is 0 Å². The van der Waals surface area contributed by atoms with Crippen LogP contribution in [-0.2, 0) is 6.42 Å². The van der Waals surface area contributed by atoms with Gasteiger partial charge in [-0.1, -0.05) is 52.0 Å². The van der Waals surface area contributed by atoms with Crippen molar-refractivity contribution in [1.82, 2.24) is 0 Å². The second-order valence-electron chi connectivity index (χ2n) is 7.22. The van der Waals surface area contributed by atoms with Crippen LogP contribution in [-0.4, -0.2) is 0 Å². The van der Waals surface area contributed by atoms with Crippen molar-refractivity contribution in [2.24, 2.45) is 0 Å². The van der Waals surface area contributed by atoms with Gasteiger partial charge in [0.05, 0.1) is 0 Å². The van der Waals surface area contributed by atoms with Gasteiger partial charge in [0.25, 0.3) is 0 Å². The SMILES string of the molecule is Cc1cc2c(cc1C(C)C)-c1cc(C(C)C)c(C)cc1C2. The summed E-state index contributed by atoms with van der Waals surface area (Å²) in [4.78, 5) is 0. The molecule has 0 aromatic heterocycles. The molecule has 1 aliphatic rings. The highest BCUT2D eigenvalue weighted by Gasteiger charge is 2.22. The Morgan fingerprint density at radius 3 is 1.38 bits per heavy atom. The summed E-state index contributed by atoms with van der Waals surface area (Å²) in [6.45, 7) is 13.7. The fourth-order valence-corrected chi connectivity index (χ4v) is 3.81. The first kappa shape index (κ1) is 14.4. The molecule has 0 saturated carbocycles. The van der Waals surface area contributed by atoms with E-state index in [4.69, 9.17) is 0 Å².